The summed E-state index contributed by atoms with van der Waals surface area (Å²) in [6.07, 6.45) is 0. The van der Waals surface area contributed by atoms with Crippen molar-refractivity contribution in [3.05, 3.63) is 51.2 Å². The van der Waals surface area contributed by atoms with Gasteiger partial charge < -0.3 is 5.11 Å². The molecule has 0 atom stereocenters. The summed E-state index contributed by atoms with van der Waals surface area (Å²) in [5.41, 5.74) is 1.04. The first kappa shape index (κ1) is 17.9. The Hall–Kier alpha value is -1.94. The maximum atomic E-state index is 12.5. The van der Waals surface area contributed by atoms with Gasteiger partial charge in [0.25, 0.3) is 10.0 Å². The second-order valence-electron chi connectivity index (χ2n) is 5.03. The van der Waals surface area contributed by atoms with Gasteiger partial charge in [-0.3, -0.25) is 4.72 Å². The van der Waals surface area contributed by atoms with Crippen LogP contribution in [0.4, 0.5) is 5.13 Å². The molecule has 0 aliphatic heterocycles. The average molecular weight is 415 g/mol. The lowest BCUT2D eigenvalue weighted by Crippen LogP contribution is -2.14. The summed E-state index contributed by atoms with van der Waals surface area (Å²) < 4.78 is 28.0. The standard InChI is InChI=1S/C15H11ClN2O4S3/c1-8-2-3-9(6-10(8)14(19)20)25(21,22)18-15-17-11(7-23-15)12-4-5-13(16)24-12/h2-7H,1H3,(H,17,18)(H,19,20). The summed E-state index contributed by atoms with van der Waals surface area (Å²) in [5.74, 6) is -1.18. The third-order valence-corrected chi connectivity index (χ3v) is 6.78. The lowest BCUT2D eigenvalue weighted by molar-refractivity contribution is 0.0696. The number of halogens is 1. The van der Waals surface area contributed by atoms with E-state index in [0.717, 1.165) is 22.3 Å². The number of anilines is 1. The number of nitrogens with zero attached hydrogens (tertiary/aromatic N) is 1. The van der Waals surface area contributed by atoms with E-state index in [1.807, 2.05) is 0 Å². The summed E-state index contributed by atoms with van der Waals surface area (Å²) >= 11 is 8.37. The number of hydrogen-bond donors (Lipinski definition) is 2. The summed E-state index contributed by atoms with van der Waals surface area (Å²) in [5, 5.41) is 11.1. The molecule has 0 saturated heterocycles. The van der Waals surface area contributed by atoms with Crippen molar-refractivity contribution in [2.24, 2.45) is 0 Å². The molecule has 0 fully saturated rings. The Bertz CT molecular complexity index is 1060. The molecule has 10 heteroatoms. The molecule has 2 N–H and O–H groups in total. The van der Waals surface area contributed by atoms with E-state index in [1.54, 1.807) is 24.4 Å². The molecule has 0 unspecified atom stereocenters. The first-order valence-corrected chi connectivity index (χ1v) is 10.4. The quantitative estimate of drug-likeness (QED) is 0.647. The molecule has 6 nitrogen and oxygen atoms in total. The second-order valence-corrected chi connectivity index (χ2v) is 9.28. The van der Waals surface area contributed by atoms with Gasteiger partial charge in [-0.2, -0.15) is 0 Å². The molecule has 0 bridgehead atoms. The van der Waals surface area contributed by atoms with Crippen molar-refractivity contribution in [2.75, 3.05) is 4.72 Å². The number of rotatable bonds is 5. The van der Waals surface area contributed by atoms with Gasteiger partial charge in [0.1, 0.15) is 0 Å². The number of sulfonamides is 1. The Kier molecular flexibility index (Phi) is 4.83. The fourth-order valence-corrected chi connectivity index (χ4v) is 5.13. The van der Waals surface area contributed by atoms with Crippen molar-refractivity contribution in [1.82, 2.24) is 4.98 Å². The molecule has 3 aromatic rings. The van der Waals surface area contributed by atoms with E-state index in [9.17, 15) is 13.2 Å². The van der Waals surface area contributed by atoms with Crippen molar-refractivity contribution in [3.8, 4) is 10.6 Å². The lowest BCUT2D eigenvalue weighted by Gasteiger charge is -2.07. The molecular weight excluding hydrogens is 404 g/mol. The molecule has 0 radical (unpaired) electrons. The Morgan fingerprint density at radius 2 is 2.04 bits per heavy atom. The van der Waals surface area contributed by atoms with Crippen molar-refractivity contribution in [1.29, 1.82) is 0 Å². The van der Waals surface area contributed by atoms with Crippen LogP contribution in [-0.4, -0.2) is 24.5 Å². The topological polar surface area (TPSA) is 96.4 Å². The third-order valence-electron chi connectivity index (χ3n) is 3.30. The molecule has 130 valence electrons. The molecular formula is C15H11ClN2O4S3. The minimum Gasteiger partial charge on any atom is -0.478 e. The van der Waals surface area contributed by atoms with E-state index in [0.29, 0.717) is 15.6 Å². The zero-order chi connectivity index (χ0) is 18.2. The number of hydrogen-bond acceptors (Lipinski definition) is 6. The van der Waals surface area contributed by atoms with Crippen LogP contribution in [0.15, 0.2) is 40.6 Å². The van der Waals surface area contributed by atoms with Crippen LogP contribution >= 0.6 is 34.3 Å². The Morgan fingerprint density at radius 3 is 2.68 bits per heavy atom. The van der Waals surface area contributed by atoms with Gasteiger partial charge in [-0.05, 0) is 36.8 Å². The zero-order valence-electron chi connectivity index (χ0n) is 12.7. The first-order chi connectivity index (χ1) is 11.8. The highest BCUT2D eigenvalue weighted by Gasteiger charge is 2.19. The van der Waals surface area contributed by atoms with Crippen LogP contribution in [0.1, 0.15) is 15.9 Å². The SMILES string of the molecule is Cc1ccc(S(=O)(=O)Nc2nc(-c3ccc(Cl)s3)cs2)cc1C(=O)O. The molecule has 0 spiro atoms. The second kappa shape index (κ2) is 6.75. The highest BCUT2D eigenvalue weighted by Crippen LogP contribution is 2.33. The predicted molar refractivity (Wildman–Crippen MR) is 99.4 cm³/mol. The molecule has 0 aliphatic rings. The normalized spacial score (nSPS) is 11.4. The molecule has 0 amide bonds. The van der Waals surface area contributed by atoms with Crippen LogP contribution in [0.5, 0.6) is 0 Å². The van der Waals surface area contributed by atoms with Gasteiger partial charge >= 0.3 is 5.97 Å². The molecule has 25 heavy (non-hydrogen) atoms. The van der Waals surface area contributed by atoms with Crippen LogP contribution in [0.25, 0.3) is 10.6 Å². The summed E-state index contributed by atoms with van der Waals surface area (Å²) in [6, 6.07) is 7.49. The summed E-state index contributed by atoms with van der Waals surface area (Å²) in [6.45, 7) is 1.60. The first-order valence-electron chi connectivity index (χ1n) is 6.84. The fourth-order valence-electron chi connectivity index (χ4n) is 2.06. The van der Waals surface area contributed by atoms with Crippen LogP contribution in [0.2, 0.25) is 4.34 Å². The minimum atomic E-state index is -3.94. The predicted octanol–water partition coefficient (Wildman–Crippen LogP) is 4.33. The van der Waals surface area contributed by atoms with Gasteiger partial charge in [-0.25, -0.2) is 18.2 Å². The van der Waals surface area contributed by atoms with Gasteiger partial charge in [-0.1, -0.05) is 17.7 Å². The van der Waals surface area contributed by atoms with E-state index >= 15 is 0 Å². The molecule has 0 saturated carbocycles. The van der Waals surface area contributed by atoms with Crippen molar-refractivity contribution in [3.63, 3.8) is 0 Å². The molecule has 2 heterocycles. The van der Waals surface area contributed by atoms with Crippen LogP contribution < -0.4 is 4.72 Å². The van der Waals surface area contributed by atoms with Crippen LogP contribution in [0, 0.1) is 6.92 Å². The van der Waals surface area contributed by atoms with Gasteiger partial charge in [0, 0.05) is 5.38 Å². The third kappa shape index (κ3) is 3.84. The number of benzene rings is 1. The largest absolute Gasteiger partial charge is 0.478 e. The lowest BCUT2D eigenvalue weighted by atomic mass is 10.1. The highest BCUT2D eigenvalue weighted by atomic mass is 35.5. The number of thiophene rings is 1. The molecule has 2 aromatic heterocycles. The number of aromatic carboxylic acids is 1. The fraction of sp³-hybridized carbons (Fsp3) is 0.0667. The zero-order valence-corrected chi connectivity index (χ0v) is 15.9. The smallest absolute Gasteiger partial charge is 0.335 e. The van der Waals surface area contributed by atoms with Crippen LogP contribution in [-0.2, 0) is 10.0 Å². The van der Waals surface area contributed by atoms with Gasteiger partial charge in [0.15, 0.2) is 5.13 Å². The van der Waals surface area contributed by atoms with E-state index in [-0.39, 0.29) is 15.6 Å². The number of aryl methyl sites for hydroxylation is 1. The molecule has 1 aromatic carbocycles. The van der Waals surface area contributed by atoms with Crippen molar-refractivity contribution in [2.45, 2.75) is 11.8 Å². The van der Waals surface area contributed by atoms with Gasteiger partial charge in [0.05, 0.1) is 25.4 Å². The van der Waals surface area contributed by atoms with Crippen molar-refractivity contribution >= 4 is 55.4 Å². The summed E-state index contributed by atoms with van der Waals surface area (Å²) in [4.78, 5) is 16.1. The van der Waals surface area contributed by atoms with Gasteiger partial charge in [0.2, 0.25) is 0 Å². The van der Waals surface area contributed by atoms with Gasteiger partial charge in [-0.15, -0.1) is 22.7 Å². The average Bonchev–Trinajstić information content (AvgIpc) is 3.15. The number of carbonyl (C=O) groups is 1. The number of carboxylic acids is 1. The maximum Gasteiger partial charge on any atom is 0.335 e. The van der Waals surface area contributed by atoms with Crippen molar-refractivity contribution < 1.29 is 18.3 Å². The Labute approximate surface area is 156 Å². The minimum absolute atomic E-state index is 0.0593. The Morgan fingerprint density at radius 1 is 1.28 bits per heavy atom. The van der Waals surface area contributed by atoms with E-state index < -0.39 is 16.0 Å². The number of aromatic nitrogens is 1. The van der Waals surface area contributed by atoms with Crippen LogP contribution in [0.3, 0.4) is 0 Å². The monoisotopic (exact) mass is 414 g/mol. The van der Waals surface area contributed by atoms with E-state index in [1.165, 1.54) is 23.5 Å². The van der Waals surface area contributed by atoms with E-state index in [4.69, 9.17) is 16.7 Å². The van der Waals surface area contributed by atoms with E-state index in [2.05, 4.69) is 9.71 Å². The summed E-state index contributed by atoms with van der Waals surface area (Å²) in [7, 11) is -3.94. The highest BCUT2D eigenvalue weighted by molar-refractivity contribution is 7.93. The molecule has 0 aliphatic carbocycles. The maximum absolute atomic E-state index is 12.5. The number of nitrogens with one attached hydrogen (secondary N) is 1. The number of thiazole rings is 1. The number of carboxylic acid groups (broad SMARTS) is 1. The Balaban J connectivity index is 1.88. The molecule has 3 rings (SSSR count).